The number of aromatic nitrogens is 1. The number of rotatable bonds is 4. The predicted octanol–water partition coefficient (Wildman–Crippen LogP) is 3.23. The van der Waals surface area contributed by atoms with Crippen LogP contribution in [-0.2, 0) is 9.53 Å². The normalized spacial score (nSPS) is 15.4. The predicted molar refractivity (Wildman–Crippen MR) is 101 cm³/mol. The van der Waals surface area contributed by atoms with Crippen molar-refractivity contribution in [1.82, 2.24) is 9.88 Å². The van der Waals surface area contributed by atoms with E-state index in [1.54, 1.807) is 11.3 Å². The molecule has 0 aliphatic carbocycles. The molecule has 6 heteroatoms. The maximum Gasteiger partial charge on any atom is 0.238 e. The molecule has 4 rings (SSSR count). The first-order chi connectivity index (χ1) is 12.3. The zero-order valence-electron chi connectivity index (χ0n) is 13.8. The second-order valence-corrected chi connectivity index (χ2v) is 7.03. The summed E-state index contributed by atoms with van der Waals surface area (Å²) in [6.45, 7) is 3.42. The van der Waals surface area contributed by atoms with Gasteiger partial charge in [-0.05, 0) is 36.4 Å². The Labute approximate surface area is 150 Å². The van der Waals surface area contributed by atoms with Crippen molar-refractivity contribution in [2.75, 3.05) is 38.2 Å². The van der Waals surface area contributed by atoms with Gasteiger partial charge in [-0.3, -0.25) is 9.69 Å². The second kappa shape index (κ2) is 7.31. The van der Waals surface area contributed by atoms with Gasteiger partial charge in [-0.15, -0.1) is 11.3 Å². The van der Waals surface area contributed by atoms with Gasteiger partial charge in [0.25, 0.3) is 0 Å². The van der Waals surface area contributed by atoms with Crippen LogP contribution in [0.5, 0.6) is 0 Å². The fourth-order valence-electron chi connectivity index (χ4n) is 2.85. The Morgan fingerprint density at radius 3 is 2.64 bits per heavy atom. The number of nitrogens with one attached hydrogen (secondary N) is 1. The zero-order valence-corrected chi connectivity index (χ0v) is 14.6. The lowest BCUT2D eigenvalue weighted by molar-refractivity contribution is -0.118. The summed E-state index contributed by atoms with van der Waals surface area (Å²) in [7, 11) is 0. The Kier molecular flexibility index (Phi) is 4.74. The van der Waals surface area contributed by atoms with Crippen LogP contribution < -0.4 is 5.32 Å². The first kappa shape index (κ1) is 16.2. The lowest BCUT2D eigenvalue weighted by Crippen LogP contribution is -2.41. The summed E-state index contributed by atoms with van der Waals surface area (Å²) in [5, 5.41) is 3.95. The molecule has 3 aromatic rings. The highest BCUT2D eigenvalue weighted by Crippen LogP contribution is 2.30. The number of hydrogen-bond donors (Lipinski definition) is 1. The van der Waals surface area contributed by atoms with Crippen LogP contribution in [0.3, 0.4) is 0 Å². The molecule has 1 saturated heterocycles. The Bertz CT molecular complexity index is 837. The molecule has 0 unspecified atom stereocenters. The van der Waals surface area contributed by atoms with Crippen molar-refractivity contribution < 1.29 is 9.53 Å². The monoisotopic (exact) mass is 353 g/mol. The van der Waals surface area contributed by atoms with Crippen molar-refractivity contribution in [2.45, 2.75) is 0 Å². The van der Waals surface area contributed by atoms with Crippen LogP contribution in [0.25, 0.3) is 20.8 Å². The lowest BCUT2D eigenvalue weighted by atomic mass is 10.2. The summed E-state index contributed by atoms with van der Waals surface area (Å²) in [5.74, 6) is 0.00892. The van der Waals surface area contributed by atoms with Gasteiger partial charge < -0.3 is 10.1 Å². The van der Waals surface area contributed by atoms with Gasteiger partial charge in [-0.25, -0.2) is 4.98 Å². The van der Waals surface area contributed by atoms with E-state index in [-0.39, 0.29) is 5.91 Å². The highest BCUT2D eigenvalue weighted by Gasteiger charge is 2.14. The first-order valence-electron chi connectivity index (χ1n) is 8.34. The summed E-state index contributed by atoms with van der Waals surface area (Å²) in [6.07, 6.45) is 0. The third-order valence-corrected chi connectivity index (χ3v) is 5.27. The largest absolute Gasteiger partial charge is 0.379 e. The fourth-order valence-corrected chi connectivity index (χ4v) is 3.83. The standard InChI is InChI=1S/C19H19N3O2S/c23-18(13-22-9-11-24-12-10-22)20-15-7-5-14(6-8-15)19-21-16-3-1-2-4-17(16)25-19/h1-8H,9-13H2,(H,20,23). The Balaban J connectivity index is 1.41. The summed E-state index contributed by atoms with van der Waals surface area (Å²) < 4.78 is 6.48. The van der Waals surface area contributed by atoms with Gasteiger partial charge in [0.2, 0.25) is 5.91 Å². The molecule has 1 aliphatic heterocycles. The maximum atomic E-state index is 12.1. The maximum absolute atomic E-state index is 12.1. The molecule has 0 atom stereocenters. The first-order valence-corrected chi connectivity index (χ1v) is 9.15. The average Bonchev–Trinajstić information content (AvgIpc) is 3.07. The molecule has 0 bridgehead atoms. The van der Waals surface area contributed by atoms with E-state index < -0.39 is 0 Å². The molecular weight excluding hydrogens is 334 g/mol. The Hall–Kier alpha value is -2.28. The van der Waals surface area contributed by atoms with E-state index in [4.69, 9.17) is 4.74 Å². The van der Waals surface area contributed by atoms with Crippen molar-refractivity contribution >= 4 is 33.1 Å². The number of benzene rings is 2. The molecule has 1 N–H and O–H groups in total. The summed E-state index contributed by atoms with van der Waals surface area (Å²) >= 11 is 1.68. The van der Waals surface area contributed by atoms with Crippen LogP contribution in [0.15, 0.2) is 48.5 Å². The van der Waals surface area contributed by atoms with E-state index in [0.29, 0.717) is 19.8 Å². The quantitative estimate of drug-likeness (QED) is 0.782. The number of anilines is 1. The average molecular weight is 353 g/mol. The minimum absolute atomic E-state index is 0.00892. The van der Waals surface area contributed by atoms with Gasteiger partial charge in [0.05, 0.1) is 30.0 Å². The Morgan fingerprint density at radius 2 is 1.88 bits per heavy atom. The third-order valence-electron chi connectivity index (χ3n) is 4.18. The Morgan fingerprint density at radius 1 is 1.12 bits per heavy atom. The van der Waals surface area contributed by atoms with Crippen molar-refractivity contribution in [3.05, 3.63) is 48.5 Å². The number of thiazole rings is 1. The van der Waals surface area contributed by atoms with Gasteiger partial charge >= 0.3 is 0 Å². The summed E-state index contributed by atoms with van der Waals surface area (Å²) in [5.41, 5.74) is 2.89. The van der Waals surface area contributed by atoms with Gasteiger partial charge in [0.1, 0.15) is 5.01 Å². The number of ether oxygens (including phenoxy) is 1. The molecular formula is C19H19N3O2S. The molecule has 1 aliphatic rings. The number of fused-ring (bicyclic) bond motifs is 1. The van der Waals surface area contributed by atoms with Crippen molar-refractivity contribution in [1.29, 1.82) is 0 Å². The van der Waals surface area contributed by atoms with E-state index in [0.717, 1.165) is 34.9 Å². The fraction of sp³-hybridized carbons (Fsp3) is 0.263. The third kappa shape index (κ3) is 3.87. The minimum atomic E-state index is 0.00892. The molecule has 25 heavy (non-hydrogen) atoms. The van der Waals surface area contributed by atoms with Crippen LogP contribution in [0.4, 0.5) is 5.69 Å². The number of morpholine rings is 1. The van der Waals surface area contributed by atoms with E-state index in [1.807, 2.05) is 42.5 Å². The van der Waals surface area contributed by atoms with E-state index in [9.17, 15) is 4.79 Å². The molecule has 1 fully saturated rings. The SMILES string of the molecule is O=C(CN1CCOCC1)Nc1ccc(-c2nc3ccccc3s2)cc1. The van der Waals surface area contributed by atoms with Crippen LogP contribution in [0.2, 0.25) is 0 Å². The van der Waals surface area contributed by atoms with Crippen LogP contribution in [0.1, 0.15) is 0 Å². The smallest absolute Gasteiger partial charge is 0.238 e. The molecule has 1 amide bonds. The van der Waals surface area contributed by atoms with Gasteiger partial charge in [0.15, 0.2) is 0 Å². The number of amides is 1. The number of carbonyl (C=O) groups is 1. The topological polar surface area (TPSA) is 54.5 Å². The van der Waals surface area contributed by atoms with E-state index >= 15 is 0 Å². The number of para-hydroxylation sites is 1. The molecule has 0 spiro atoms. The van der Waals surface area contributed by atoms with E-state index in [1.165, 1.54) is 4.70 Å². The second-order valence-electron chi connectivity index (χ2n) is 6.00. The highest BCUT2D eigenvalue weighted by molar-refractivity contribution is 7.21. The molecule has 0 radical (unpaired) electrons. The van der Waals surface area contributed by atoms with Crippen LogP contribution >= 0.6 is 11.3 Å². The molecule has 0 saturated carbocycles. The van der Waals surface area contributed by atoms with Gasteiger partial charge in [-0.1, -0.05) is 12.1 Å². The summed E-state index contributed by atoms with van der Waals surface area (Å²) in [4.78, 5) is 18.9. The van der Waals surface area contributed by atoms with Crippen molar-refractivity contribution in [3.63, 3.8) is 0 Å². The van der Waals surface area contributed by atoms with Crippen LogP contribution in [0, 0.1) is 0 Å². The number of hydrogen-bond acceptors (Lipinski definition) is 5. The zero-order chi connectivity index (χ0) is 17.1. The lowest BCUT2D eigenvalue weighted by Gasteiger charge is -2.25. The molecule has 2 aromatic carbocycles. The van der Waals surface area contributed by atoms with Crippen molar-refractivity contribution in [3.8, 4) is 10.6 Å². The van der Waals surface area contributed by atoms with Gasteiger partial charge in [0, 0.05) is 24.3 Å². The minimum Gasteiger partial charge on any atom is -0.379 e. The molecule has 5 nitrogen and oxygen atoms in total. The number of nitrogens with zero attached hydrogens (tertiary/aromatic N) is 2. The molecule has 2 heterocycles. The van der Waals surface area contributed by atoms with Crippen molar-refractivity contribution in [2.24, 2.45) is 0 Å². The van der Waals surface area contributed by atoms with Crippen LogP contribution in [-0.4, -0.2) is 48.6 Å². The van der Waals surface area contributed by atoms with Gasteiger partial charge in [-0.2, -0.15) is 0 Å². The van der Waals surface area contributed by atoms with E-state index in [2.05, 4.69) is 21.3 Å². The highest BCUT2D eigenvalue weighted by atomic mass is 32.1. The number of carbonyl (C=O) groups excluding carboxylic acids is 1. The molecule has 1 aromatic heterocycles. The molecule has 128 valence electrons. The summed E-state index contributed by atoms with van der Waals surface area (Å²) in [6, 6.07) is 16.0.